The molecule has 0 aliphatic carbocycles. The zero-order valence-electron chi connectivity index (χ0n) is 15.0. The Morgan fingerprint density at radius 1 is 1.19 bits per heavy atom. The van der Waals surface area contributed by atoms with Gasteiger partial charge in [0.1, 0.15) is 5.54 Å². The highest BCUT2D eigenvalue weighted by Crippen LogP contribution is 2.38. The molecule has 1 saturated heterocycles. The third-order valence-corrected chi connectivity index (χ3v) is 4.40. The van der Waals surface area contributed by atoms with Crippen LogP contribution in [0.4, 0.5) is 10.5 Å². The van der Waals surface area contributed by atoms with Gasteiger partial charge in [0, 0.05) is 13.0 Å². The second-order valence-corrected chi connectivity index (χ2v) is 5.99. The smallest absolute Gasteiger partial charge is 0.332 e. The molecule has 1 aromatic rings. The van der Waals surface area contributed by atoms with Gasteiger partial charge in [0.05, 0.1) is 12.3 Å². The highest BCUT2D eigenvalue weighted by atomic mass is 16.5. The number of anilines is 1. The maximum atomic E-state index is 13.3. The number of nitrogens with zero attached hydrogens (tertiary/aromatic N) is 2. The molecule has 2 rings (SSSR count). The van der Waals surface area contributed by atoms with Crippen molar-refractivity contribution in [3.63, 3.8) is 0 Å². The molecular formula is C20H24N2O4. The predicted octanol–water partition coefficient (Wildman–Crippen LogP) is 3.30. The molecule has 6 heteroatoms. The van der Waals surface area contributed by atoms with Gasteiger partial charge in [0.25, 0.3) is 5.91 Å². The lowest BCUT2D eigenvalue weighted by Gasteiger charge is -2.33. The van der Waals surface area contributed by atoms with E-state index in [-0.39, 0.29) is 38.3 Å². The molecule has 0 aromatic heterocycles. The molecule has 1 heterocycles. The maximum Gasteiger partial charge on any atom is 0.332 e. The van der Waals surface area contributed by atoms with Crippen molar-refractivity contribution in [2.75, 3.05) is 18.1 Å². The molecule has 1 aliphatic heterocycles. The summed E-state index contributed by atoms with van der Waals surface area (Å²) in [5, 5.41) is 0. The number of carbonyl (C=O) groups is 3. The van der Waals surface area contributed by atoms with Gasteiger partial charge in [-0.05, 0) is 31.9 Å². The maximum absolute atomic E-state index is 13.3. The van der Waals surface area contributed by atoms with E-state index in [4.69, 9.17) is 4.74 Å². The van der Waals surface area contributed by atoms with E-state index in [1.54, 1.807) is 43.3 Å². The normalized spacial score (nSPS) is 19.6. The monoisotopic (exact) mass is 356 g/mol. The number of imide groups is 1. The van der Waals surface area contributed by atoms with Crippen LogP contribution in [0.1, 0.15) is 26.2 Å². The van der Waals surface area contributed by atoms with Crippen LogP contribution in [0.15, 0.2) is 55.6 Å². The van der Waals surface area contributed by atoms with Crippen molar-refractivity contribution in [1.29, 1.82) is 0 Å². The minimum Gasteiger partial charge on any atom is -0.466 e. The summed E-state index contributed by atoms with van der Waals surface area (Å²) >= 11 is 0. The van der Waals surface area contributed by atoms with Crippen LogP contribution in [0, 0.1) is 0 Å². The summed E-state index contributed by atoms with van der Waals surface area (Å²) in [5.41, 5.74) is -0.672. The van der Waals surface area contributed by atoms with Gasteiger partial charge < -0.3 is 9.64 Å². The van der Waals surface area contributed by atoms with Crippen LogP contribution in [-0.2, 0) is 14.3 Å². The van der Waals surface area contributed by atoms with Crippen LogP contribution >= 0.6 is 0 Å². The second kappa shape index (κ2) is 8.47. The number of para-hydroxylation sites is 1. The third kappa shape index (κ3) is 3.54. The molecule has 0 radical (unpaired) electrons. The summed E-state index contributed by atoms with van der Waals surface area (Å²) in [4.78, 5) is 40.8. The van der Waals surface area contributed by atoms with Crippen LogP contribution in [0.5, 0.6) is 0 Å². The van der Waals surface area contributed by atoms with Crippen LogP contribution in [0.3, 0.4) is 0 Å². The molecule has 3 amide bonds. The Morgan fingerprint density at radius 3 is 2.46 bits per heavy atom. The van der Waals surface area contributed by atoms with Crippen molar-refractivity contribution in [3.8, 4) is 0 Å². The molecule has 0 saturated carbocycles. The summed E-state index contributed by atoms with van der Waals surface area (Å²) in [5.74, 6) is -0.757. The lowest BCUT2D eigenvalue weighted by Crippen LogP contribution is -2.50. The first-order chi connectivity index (χ1) is 12.5. The Balaban J connectivity index is 2.43. The fraction of sp³-hybridized carbons (Fsp3) is 0.350. The van der Waals surface area contributed by atoms with Crippen LogP contribution in [0.25, 0.3) is 0 Å². The second-order valence-electron chi connectivity index (χ2n) is 5.99. The van der Waals surface area contributed by atoms with Crippen molar-refractivity contribution < 1.29 is 19.1 Å². The van der Waals surface area contributed by atoms with Gasteiger partial charge in [-0.3, -0.25) is 9.59 Å². The van der Waals surface area contributed by atoms with E-state index in [0.29, 0.717) is 5.69 Å². The lowest BCUT2D eigenvalue weighted by atomic mass is 9.87. The van der Waals surface area contributed by atoms with Crippen molar-refractivity contribution in [3.05, 3.63) is 55.6 Å². The standard InChI is InChI=1S/C20H24N2O4/c1-4-13-20(14-12-17(23)26-6-3)18(24)22(16-10-8-7-9-11-16)19(25)21(20)15-5-2/h4-5,7-11H,1-2,6,12-15H2,3H3. The van der Waals surface area contributed by atoms with Crippen molar-refractivity contribution in [2.24, 2.45) is 0 Å². The summed E-state index contributed by atoms with van der Waals surface area (Å²) in [6, 6.07) is 8.33. The molecule has 6 nitrogen and oxygen atoms in total. The average Bonchev–Trinajstić information content (AvgIpc) is 2.83. The van der Waals surface area contributed by atoms with Crippen LogP contribution in [0.2, 0.25) is 0 Å². The molecule has 0 N–H and O–H groups in total. The Hall–Kier alpha value is -2.89. The van der Waals surface area contributed by atoms with Crippen LogP contribution < -0.4 is 4.90 Å². The zero-order valence-corrected chi connectivity index (χ0v) is 15.0. The molecular weight excluding hydrogens is 332 g/mol. The predicted molar refractivity (Wildman–Crippen MR) is 99.6 cm³/mol. The molecule has 1 aliphatic rings. The number of esters is 1. The quantitative estimate of drug-likeness (QED) is 0.387. The van der Waals surface area contributed by atoms with Gasteiger partial charge in [-0.2, -0.15) is 0 Å². The number of amides is 3. The number of urea groups is 1. The lowest BCUT2D eigenvalue weighted by molar-refractivity contribution is -0.144. The summed E-state index contributed by atoms with van der Waals surface area (Å²) in [7, 11) is 0. The highest BCUT2D eigenvalue weighted by molar-refractivity contribution is 6.23. The fourth-order valence-electron chi connectivity index (χ4n) is 3.22. The minimum atomic E-state index is -1.17. The SMILES string of the molecule is C=CCN1C(=O)N(c2ccccc2)C(=O)C1(CC=C)CCC(=O)OCC. The van der Waals surface area contributed by atoms with E-state index in [1.165, 1.54) is 4.90 Å². The van der Waals surface area contributed by atoms with Gasteiger partial charge in [-0.1, -0.05) is 30.4 Å². The molecule has 1 atom stereocenters. The number of benzene rings is 1. The van der Waals surface area contributed by atoms with Gasteiger partial charge >= 0.3 is 12.0 Å². The van der Waals surface area contributed by atoms with Crippen molar-refractivity contribution in [2.45, 2.75) is 31.7 Å². The van der Waals surface area contributed by atoms with Crippen molar-refractivity contribution in [1.82, 2.24) is 4.90 Å². The molecule has 26 heavy (non-hydrogen) atoms. The fourth-order valence-corrected chi connectivity index (χ4v) is 3.22. The first-order valence-corrected chi connectivity index (χ1v) is 8.60. The van der Waals surface area contributed by atoms with Gasteiger partial charge in [-0.15, -0.1) is 13.2 Å². The number of carbonyl (C=O) groups excluding carboxylic acids is 3. The Morgan fingerprint density at radius 2 is 1.88 bits per heavy atom. The molecule has 0 bridgehead atoms. The molecule has 1 fully saturated rings. The van der Waals surface area contributed by atoms with Gasteiger partial charge in [0.15, 0.2) is 0 Å². The Kier molecular flexibility index (Phi) is 6.33. The Bertz CT molecular complexity index is 701. The van der Waals surface area contributed by atoms with E-state index in [1.807, 2.05) is 6.07 Å². The molecule has 0 spiro atoms. The number of rotatable bonds is 9. The Labute approximate surface area is 153 Å². The summed E-state index contributed by atoms with van der Waals surface area (Å²) in [6.07, 6.45) is 3.62. The van der Waals surface area contributed by atoms with E-state index in [9.17, 15) is 14.4 Å². The number of hydrogen-bond acceptors (Lipinski definition) is 4. The van der Waals surface area contributed by atoms with Gasteiger partial charge in [-0.25, -0.2) is 9.69 Å². The summed E-state index contributed by atoms with van der Waals surface area (Å²) < 4.78 is 4.98. The topological polar surface area (TPSA) is 66.9 Å². The third-order valence-electron chi connectivity index (χ3n) is 4.40. The van der Waals surface area contributed by atoms with Crippen molar-refractivity contribution >= 4 is 23.6 Å². The van der Waals surface area contributed by atoms with Crippen LogP contribution in [-0.4, -0.2) is 41.5 Å². The van der Waals surface area contributed by atoms with E-state index < -0.39 is 17.5 Å². The van der Waals surface area contributed by atoms with Gasteiger partial charge in [0.2, 0.25) is 0 Å². The average molecular weight is 356 g/mol. The highest BCUT2D eigenvalue weighted by Gasteiger charge is 2.56. The first kappa shape index (κ1) is 19.4. The first-order valence-electron chi connectivity index (χ1n) is 8.60. The molecule has 1 unspecified atom stereocenters. The molecule has 138 valence electrons. The van der Waals surface area contributed by atoms with E-state index >= 15 is 0 Å². The summed E-state index contributed by atoms with van der Waals surface area (Å²) in [6.45, 7) is 9.62. The number of hydrogen-bond donors (Lipinski definition) is 0. The largest absolute Gasteiger partial charge is 0.466 e. The molecule has 1 aromatic carbocycles. The zero-order chi connectivity index (χ0) is 19.2. The number of ether oxygens (including phenoxy) is 1. The van der Waals surface area contributed by atoms with E-state index in [2.05, 4.69) is 13.2 Å². The van der Waals surface area contributed by atoms with E-state index in [0.717, 1.165) is 4.90 Å². The minimum absolute atomic E-state index is 0.0387.